The molecule has 4 nitrogen and oxygen atoms in total. The Hall–Kier alpha value is -0.560. The van der Waals surface area contributed by atoms with Gasteiger partial charge in [0.05, 0.1) is 0 Å². The Bertz CT molecular complexity index is 333. The summed E-state index contributed by atoms with van der Waals surface area (Å²) in [6.45, 7) is 2.80. The molecule has 0 atom stereocenters. The number of nitrogens with one attached hydrogen (secondary N) is 3. The van der Waals surface area contributed by atoms with Gasteiger partial charge in [0.15, 0.2) is 0 Å². The van der Waals surface area contributed by atoms with Crippen LogP contribution in [-0.2, 0) is 0 Å². The summed E-state index contributed by atoms with van der Waals surface area (Å²) in [5, 5.41) is 6.07. The summed E-state index contributed by atoms with van der Waals surface area (Å²) in [4.78, 5) is 14.5. The third-order valence-electron chi connectivity index (χ3n) is 2.31. The third kappa shape index (κ3) is 2.27. The van der Waals surface area contributed by atoms with E-state index in [1.807, 2.05) is 12.3 Å². The van der Waals surface area contributed by atoms with E-state index in [-0.39, 0.29) is 5.91 Å². The largest absolute Gasteiger partial charge is 0.356 e. The molecule has 76 valence electrons. The summed E-state index contributed by atoms with van der Waals surface area (Å²) < 4.78 is 1.05. The van der Waals surface area contributed by atoms with Gasteiger partial charge in [-0.2, -0.15) is 0 Å². The van der Waals surface area contributed by atoms with Crippen molar-refractivity contribution in [1.82, 2.24) is 15.6 Å². The van der Waals surface area contributed by atoms with Gasteiger partial charge in [0.2, 0.25) is 0 Å². The van der Waals surface area contributed by atoms with Crippen LogP contribution in [0.15, 0.2) is 12.3 Å². The maximum Gasteiger partial charge on any atom is 0.267 e. The van der Waals surface area contributed by atoms with E-state index in [2.05, 4.69) is 38.2 Å². The van der Waals surface area contributed by atoms with E-state index >= 15 is 0 Å². The lowest BCUT2D eigenvalue weighted by Gasteiger charge is -2.26. The van der Waals surface area contributed by atoms with Crippen molar-refractivity contribution in [2.45, 2.75) is 0 Å². The molecule has 1 saturated heterocycles. The Morgan fingerprint density at radius 2 is 2.43 bits per heavy atom. The summed E-state index contributed by atoms with van der Waals surface area (Å²) >= 11 is 2.17. The van der Waals surface area contributed by atoms with Crippen molar-refractivity contribution in [3.05, 3.63) is 21.5 Å². The number of carbonyl (C=O) groups is 1. The molecular weight excluding hydrogens is 293 g/mol. The maximum atomic E-state index is 11.5. The minimum absolute atomic E-state index is 0.0141. The fourth-order valence-electron chi connectivity index (χ4n) is 1.32. The number of aromatic amines is 1. The van der Waals surface area contributed by atoms with E-state index in [4.69, 9.17) is 0 Å². The maximum absolute atomic E-state index is 11.5. The normalized spacial score (nSPS) is 16.4. The zero-order chi connectivity index (χ0) is 9.97. The van der Waals surface area contributed by atoms with Crippen LogP contribution in [0.5, 0.6) is 0 Å². The Balaban J connectivity index is 1.82. The molecule has 0 unspecified atom stereocenters. The van der Waals surface area contributed by atoms with E-state index in [9.17, 15) is 4.79 Å². The second-order valence-corrected chi connectivity index (χ2v) is 4.71. The van der Waals surface area contributed by atoms with E-state index in [0.29, 0.717) is 11.6 Å². The number of aromatic nitrogens is 1. The van der Waals surface area contributed by atoms with Crippen LogP contribution in [0.1, 0.15) is 10.5 Å². The molecule has 0 aromatic carbocycles. The first kappa shape index (κ1) is 9.97. The van der Waals surface area contributed by atoms with Crippen molar-refractivity contribution in [2.24, 2.45) is 5.92 Å². The molecule has 5 heteroatoms. The standard InChI is InChI=1S/C9H12IN3O/c10-7-1-8(12-5-7)9(14)13-4-6-2-11-3-6/h1,5-6,11-12H,2-4H2,(H,13,14). The van der Waals surface area contributed by atoms with Crippen LogP contribution < -0.4 is 10.6 Å². The van der Waals surface area contributed by atoms with Crippen LogP contribution in [0, 0.1) is 9.49 Å². The highest BCUT2D eigenvalue weighted by Gasteiger charge is 2.17. The highest BCUT2D eigenvalue weighted by Crippen LogP contribution is 2.06. The minimum Gasteiger partial charge on any atom is -0.356 e. The molecular formula is C9H12IN3O. The molecule has 14 heavy (non-hydrogen) atoms. The first-order valence-corrected chi connectivity index (χ1v) is 5.66. The van der Waals surface area contributed by atoms with E-state index in [0.717, 1.165) is 23.2 Å². The summed E-state index contributed by atoms with van der Waals surface area (Å²) in [7, 11) is 0. The molecule has 1 amide bonds. The van der Waals surface area contributed by atoms with Crippen LogP contribution >= 0.6 is 22.6 Å². The van der Waals surface area contributed by atoms with E-state index < -0.39 is 0 Å². The molecule has 1 aliphatic heterocycles. The molecule has 0 radical (unpaired) electrons. The van der Waals surface area contributed by atoms with E-state index in [1.54, 1.807) is 0 Å². The molecule has 0 bridgehead atoms. The van der Waals surface area contributed by atoms with Crippen LogP contribution in [0.3, 0.4) is 0 Å². The van der Waals surface area contributed by atoms with Gasteiger partial charge in [-0.15, -0.1) is 0 Å². The van der Waals surface area contributed by atoms with E-state index in [1.165, 1.54) is 0 Å². The number of rotatable bonds is 3. The zero-order valence-corrected chi connectivity index (χ0v) is 9.80. The average molecular weight is 305 g/mol. The van der Waals surface area contributed by atoms with Gasteiger partial charge in [-0.1, -0.05) is 0 Å². The van der Waals surface area contributed by atoms with Crippen molar-refractivity contribution < 1.29 is 4.79 Å². The number of amides is 1. The molecule has 1 aromatic rings. The lowest BCUT2D eigenvalue weighted by atomic mass is 10.0. The highest BCUT2D eigenvalue weighted by atomic mass is 127. The summed E-state index contributed by atoms with van der Waals surface area (Å²) in [5.41, 5.74) is 0.640. The van der Waals surface area contributed by atoms with Gasteiger partial charge < -0.3 is 15.6 Å². The highest BCUT2D eigenvalue weighted by molar-refractivity contribution is 14.1. The topological polar surface area (TPSA) is 56.9 Å². The molecule has 0 aliphatic carbocycles. The molecule has 0 spiro atoms. The minimum atomic E-state index is -0.0141. The Morgan fingerprint density at radius 3 is 2.93 bits per heavy atom. The molecule has 1 aliphatic rings. The molecule has 2 rings (SSSR count). The second kappa shape index (κ2) is 4.31. The summed E-state index contributed by atoms with van der Waals surface area (Å²) in [6.07, 6.45) is 1.82. The first-order chi connectivity index (χ1) is 6.75. The number of hydrogen-bond donors (Lipinski definition) is 3. The van der Waals surface area contributed by atoms with Gasteiger partial charge in [-0.3, -0.25) is 4.79 Å². The monoisotopic (exact) mass is 305 g/mol. The number of hydrogen-bond acceptors (Lipinski definition) is 2. The van der Waals surface area contributed by atoms with Crippen LogP contribution in [0.25, 0.3) is 0 Å². The number of carbonyl (C=O) groups excluding carboxylic acids is 1. The van der Waals surface area contributed by atoms with Crippen LogP contribution in [0.2, 0.25) is 0 Å². The molecule has 0 saturated carbocycles. The smallest absolute Gasteiger partial charge is 0.267 e. The lowest BCUT2D eigenvalue weighted by molar-refractivity contribution is 0.0938. The fourth-order valence-corrected chi connectivity index (χ4v) is 1.79. The average Bonchev–Trinajstić information content (AvgIpc) is 2.49. The summed E-state index contributed by atoms with van der Waals surface area (Å²) in [5.74, 6) is 0.591. The fraction of sp³-hybridized carbons (Fsp3) is 0.444. The van der Waals surface area contributed by atoms with Crippen molar-refractivity contribution in [1.29, 1.82) is 0 Å². The van der Waals surface area contributed by atoms with Gasteiger partial charge in [-0.25, -0.2) is 0 Å². The number of H-pyrrole nitrogens is 1. The second-order valence-electron chi connectivity index (χ2n) is 3.47. The van der Waals surface area contributed by atoms with Crippen LogP contribution in [0.4, 0.5) is 0 Å². The molecule has 1 aromatic heterocycles. The predicted octanol–water partition coefficient (Wildman–Crippen LogP) is 0.569. The first-order valence-electron chi connectivity index (χ1n) is 4.58. The van der Waals surface area contributed by atoms with Crippen molar-refractivity contribution in [3.8, 4) is 0 Å². The zero-order valence-electron chi connectivity index (χ0n) is 7.64. The van der Waals surface area contributed by atoms with Gasteiger partial charge in [-0.05, 0) is 28.7 Å². The van der Waals surface area contributed by atoms with Gasteiger partial charge in [0.1, 0.15) is 5.69 Å². The van der Waals surface area contributed by atoms with Gasteiger partial charge in [0.25, 0.3) is 5.91 Å². The van der Waals surface area contributed by atoms with Crippen molar-refractivity contribution in [3.63, 3.8) is 0 Å². The Kier molecular flexibility index (Phi) is 3.07. The SMILES string of the molecule is O=C(NCC1CNC1)c1cc(I)c[nH]1. The molecule has 3 N–H and O–H groups in total. The van der Waals surface area contributed by atoms with Crippen molar-refractivity contribution >= 4 is 28.5 Å². The van der Waals surface area contributed by atoms with Gasteiger partial charge in [0, 0.05) is 35.3 Å². The van der Waals surface area contributed by atoms with Crippen LogP contribution in [-0.4, -0.2) is 30.5 Å². The Morgan fingerprint density at radius 1 is 1.64 bits per heavy atom. The third-order valence-corrected chi connectivity index (χ3v) is 2.93. The summed E-state index contributed by atoms with van der Waals surface area (Å²) in [6, 6.07) is 1.84. The molecule has 1 fully saturated rings. The number of halogens is 1. The predicted molar refractivity (Wildman–Crippen MR) is 62.2 cm³/mol. The quantitative estimate of drug-likeness (QED) is 0.715. The van der Waals surface area contributed by atoms with Crippen molar-refractivity contribution in [2.75, 3.05) is 19.6 Å². The van der Waals surface area contributed by atoms with Gasteiger partial charge >= 0.3 is 0 Å². The molecule has 2 heterocycles. The lowest BCUT2D eigenvalue weighted by Crippen LogP contribution is -2.48. The Labute approximate surface area is 96.0 Å².